The summed E-state index contributed by atoms with van der Waals surface area (Å²) in [6.45, 7) is 10.0. The molecular formula is C48H60N8O8. The van der Waals surface area contributed by atoms with Gasteiger partial charge in [0.1, 0.15) is 36.1 Å². The highest BCUT2D eigenvalue weighted by atomic mass is 16.5. The van der Waals surface area contributed by atoms with Crippen LogP contribution in [0.15, 0.2) is 48.7 Å². The maximum atomic E-state index is 14.4. The molecule has 16 heteroatoms. The van der Waals surface area contributed by atoms with Crippen LogP contribution in [0, 0.1) is 17.8 Å². The van der Waals surface area contributed by atoms with Crippen LogP contribution in [-0.2, 0) is 30.4 Å². The Kier molecular flexibility index (Phi) is 13.4. The van der Waals surface area contributed by atoms with E-state index < -0.39 is 24.3 Å². The molecule has 340 valence electrons. The average molecular weight is 877 g/mol. The Morgan fingerprint density at radius 2 is 1.72 bits per heavy atom. The van der Waals surface area contributed by atoms with Crippen molar-refractivity contribution in [1.82, 2.24) is 40.8 Å². The number of fused-ring (bicyclic) bond motifs is 6. The molecule has 2 fully saturated rings. The summed E-state index contributed by atoms with van der Waals surface area (Å²) in [5, 5.41) is 10.6. The second-order valence-electron chi connectivity index (χ2n) is 17.6. The molecule has 0 radical (unpaired) electrons. The third kappa shape index (κ3) is 9.10. The molecule has 5 heterocycles. The quantitative estimate of drug-likeness (QED) is 0.0732. The SMILES string of the molecule is CCCCC(NC(=O)C(NC(=O)OC)C(C)C)c1ncc(-c2ccc3c(c2)COc2cc4c(ccc5[nH]c(C6CC(CC)CN6C(=O)C(NC(=O)OC)C6CCOCC6)nc54)cc2-3)[nH]1. The predicted molar refractivity (Wildman–Crippen MR) is 241 cm³/mol. The summed E-state index contributed by atoms with van der Waals surface area (Å²) >= 11 is 0. The summed E-state index contributed by atoms with van der Waals surface area (Å²) in [5.41, 5.74) is 6.53. The first-order valence-electron chi connectivity index (χ1n) is 22.6. The fourth-order valence-electron chi connectivity index (χ4n) is 9.48. The topological polar surface area (TPSA) is 202 Å². The molecule has 0 bridgehead atoms. The molecule has 5 N–H and O–H groups in total. The van der Waals surface area contributed by atoms with Crippen LogP contribution in [0.5, 0.6) is 5.75 Å². The van der Waals surface area contributed by atoms with Gasteiger partial charge in [0.2, 0.25) is 11.8 Å². The Hall–Kier alpha value is -6.16. The number of hydrogen-bond donors (Lipinski definition) is 5. The first-order valence-corrected chi connectivity index (χ1v) is 22.6. The van der Waals surface area contributed by atoms with Crippen molar-refractivity contribution in [2.75, 3.05) is 34.0 Å². The second-order valence-corrected chi connectivity index (χ2v) is 17.6. The minimum absolute atomic E-state index is 0.0560. The zero-order valence-corrected chi connectivity index (χ0v) is 37.5. The van der Waals surface area contributed by atoms with Crippen molar-refractivity contribution in [3.8, 4) is 28.1 Å². The van der Waals surface area contributed by atoms with Crippen LogP contribution in [0.1, 0.15) is 102 Å². The molecule has 16 nitrogen and oxygen atoms in total. The summed E-state index contributed by atoms with van der Waals surface area (Å²) in [5.74, 6) is 1.80. The minimum Gasteiger partial charge on any atom is -0.488 e. The number of imidazole rings is 2. The van der Waals surface area contributed by atoms with Crippen molar-refractivity contribution in [3.63, 3.8) is 0 Å². The molecule has 2 aromatic heterocycles. The normalized spacial score (nSPS) is 18.8. The molecule has 0 saturated carbocycles. The number of ether oxygens (including phenoxy) is 4. The highest BCUT2D eigenvalue weighted by Crippen LogP contribution is 2.44. The number of aromatic nitrogens is 4. The van der Waals surface area contributed by atoms with Gasteiger partial charge < -0.3 is 49.8 Å². The first-order chi connectivity index (χ1) is 31.0. The zero-order chi connectivity index (χ0) is 45.1. The number of unbranched alkanes of at least 4 members (excludes halogenated alkanes) is 1. The third-order valence-electron chi connectivity index (χ3n) is 13.2. The van der Waals surface area contributed by atoms with Gasteiger partial charge in [0.25, 0.3) is 0 Å². The Bertz CT molecular complexity index is 2510. The Morgan fingerprint density at radius 3 is 2.45 bits per heavy atom. The van der Waals surface area contributed by atoms with Gasteiger partial charge in [0.15, 0.2) is 0 Å². The number of amides is 4. The molecule has 2 saturated heterocycles. The lowest BCUT2D eigenvalue weighted by Gasteiger charge is -2.34. The van der Waals surface area contributed by atoms with Crippen molar-refractivity contribution in [1.29, 1.82) is 0 Å². The number of nitrogens with one attached hydrogen (secondary N) is 5. The van der Waals surface area contributed by atoms with Gasteiger partial charge in [-0.05, 0) is 89.8 Å². The van der Waals surface area contributed by atoms with Crippen LogP contribution in [0.4, 0.5) is 9.59 Å². The lowest BCUT2D eigenvalue weighted by Crippen LogP contribution is -2.53. The molecule has 3 aromatic carbocycles. The molecule has 64 heavy (non-hydrogen) atoms. The largest absolute Gasteiger partial charge is 0.488 e. The van der Waals surface area contributed by atoms with E-state index >= 15 is 0 Å². The van der Waals surface area contributed by atoms with Crippen LogP contribution in [0.25, 0.3) is 44.2 Å². The first kappa shape index (κ1) is 44.4. The fraction of sp³-hybridized carbons (Fsp3) is 0.500. The molecule has 3 aliphatic rings. The maximum absolute atomic E-state index is 14.4. The summed E-state index contributed by atoms with van der Waals surface area (Å²) in [6.07, 6.45) is 6.06. The highest BCUT2D eigenvalue weighted by Gasteiger charge is 2.43. The number of carbonyl (C=O) groups excluding carboxylic acids is 4. The number of methoxy groups -OCH3 is 2. The number of likely N-dealkylation sites (tertiary alicyclic amines) is 1. The minimum atomic E-state index is -0.761. The van der Waals surface area contributed by atoms with Crippen LogP contribution < -0.4 is 20.7 Å². The molecule has 8 rings (SSSR count). The molecule has 0 spiro atoms. The molecule has 3 aliphatic heterocycles. The van der Waals surface area contributed by atoms with Gasteiger partial charge in [-0.3, -0.25) is 9.59 Å². The smallest absolute Gasteiger partial charge is 0.407 e. The Balaban J connectivity index is 1.04. The van der Waals surface area contributed by atoms with Gasteiger partial charge in [-0.2, -0.15) is 0 Å². The number of carbonyl (C=O) groups is 4. The monoisotopic (exact) mass is 876 g/mol. The average Bonchev–Trinajstić information content (AvgIpc) is 4.09. The van der Waals surface area contributed by atoms with Gasteiger partial charge in [0.05, 0.1) is 49.2 Å². The van der Waals surface area contributed by atoms with Gasteiger partial charge in [-0.15, -0.1) is 0 Å². The maximum Gasteiger partial charge on any atom is 0.407 e. The number of benzene rings is 3. The van der Waals surface area contributed by atoms with E-state index in [0.717, 1.165) is 87.0 Å². The standard InChI is InChI=1S/C48H60N8O8/c1-7-9-10-36(52-45(57)40(26(3)4)54-47(59)61-5)43-49-23-37(51-43)30-11-13-32-31(20-30)25-64-39-22-33-29(21-34(32)39)12-14-35-42(33)53-44(50-35)38-19-27(8-2)24-56(38)46(58)41(55-48(60)62-6)28-15-17-63-18-16-28/h11-14,20-23,26-28,36,38,40-41H,7-10,15-19,24-25H2,1-6H3,(H,49,51)(H,50,53)(H,52,57)(H,54,59)(H,55,60). The third-order valence-corrected chi connectivity index (χ3v) is 13.2. The van der Waals surface area contributed by atoms with Crippen molar-refractivity contribution in [3.05, 3.63) is 65.9 Å². The van der Waals surface area contributed by atoms with E-state index in [4.69, 9.17) is 28.9 Å². The molecular weight excluding hydrogens is 817 g/mol. The van der Waals surface area contributed by atoms with Gasteiger partial charge in [-0.1, -0.05) is 65.2 Å². The molecule has 5 atom stereocenters. The van der Waals surface area contributed by atoms with Crippen LogP contribution in [0.2, 0.25) is 0 Å². The van der Waals surface area contributed by atoms with E-state index in [1.807, 2.05) is 24.8 Å². The second kappa shape index (κ2) is 19.3. The van der Waals surface area contributed by atoms with Crippen molar-refractivity contribution in [2.24, 2.45) is 17.8 Å². The summed E-state index contributed by atoms with van der Waals surface area (Å²) in [6, 6.07) is 12.5. The van der Waals surface area contributed by atoms with E-state index in [1.165, 1.54) is 14.2 Å². The number of aromatic amines is 2. The van der Waals surface area contributed by atoms with E-state index in [-0.39, 0.29) is 35.7 Å². The lowest BCUT2D eigenvalue weighted by atomic mass is 9.90. The van der Waals surface area contributed by atoms with Crippen LogP contribution in [0.3, 0.4) is 0 Å². The van der Waals surface area contributed by atoms with Crippen LogP contribution >= 0.6 is 0 Å². The molecule has 4 amide bonds. The van der Waals surface area contributed by atoms with Crippen molar-refractivity contribution in [2.45, 2.75) is 103 Å². The highest BCUT2D eigenvalue weighted by molar-refractivity contribution is 6.07. The van der Waals surface area contributed by atoms with Gasteiger partial charge in [-0.25, -0.2) is 19.6 Å². The van der Waals surface area contributed by atoms with E-state index in [2.05, 4.69) is 76.2 Å². The fourth-order valence-corrected chi connectivity index (χ4v) is 9.48. The number of H-pyrrole nitrogens is 2. The van der Waals surface area contributed by atoms with E-state index in [9.17, 15) is 19.2 Å². The zero-order valence-electron chi connectivity index (χ0n) is 37.5. The molecule has 0 aliphatic carbocycles. The van der Waals surface area contributed by atoms with E-state index in [0.29, 0.717) is 57.4 Å². The number of alkyl carbamates (subject to hydrolysis) is 2. The molecule has 5 aromatic rings. The number of hydrogen-bond acceptors (Lipinski definition) is 10. The Morgan fingerprint density at radius 1 is 0.938 bits per heavy atom. The van der Waals surface area contributed by atoms with Crippen LogP contribution in [-0.4, -0.2) is 94.9 Å². The Labute approximate surface area is 372 Å². The lowest BCUT2D eigenvalue weighted by molar-refractivity contribution is -0.137. The summed E-state index contributed by atoms with van der Waals surface area (Å²) in [4.78, 5) is 71.2. The summed E-state index contributed by atoms with van der Waals surface area (Å²) < 4.78 is 21.7. The molecule has 5 unspecified atom stereocenters. The van der Waals surface area contributed by atoms with Gasteiger partial charge >= 0.3 is 12.2 Å². The van der Waals surface area contributed by atoms with E-state index in [1.54, 1.807) is 6.20 Å². The summed E-state index contributed by atoms with van der Waals surface area (Å²) in [7, 11) is 2.59. The van der Waals surface area contributed by atoms with Gasteiger partial charge in [0, 0.05) is 30.7 Å². The van der Waals surface area contributed by atoms with Crippen molar-refractivity contribution >= 4 is 45.8 Å². The predicted octanol–water partition coefficient (Wildman–Crippen LogP) is 7.84. The number of nitrogens with zero attached hydrogens (tertiary/aromatic N) is 3. The van der Waals surface area contributed by atoms with Crippen molar-refractivity contribution < 1.29 is 38.1 Å². The number of rotatable bonds is 14.